The number of nitrogens with zero attached hydrogens (tertiary/aromatic N) is 2. The molecule has 11 aromatic rings. The quantitative estimate of drug-likeness (QED) is 0.148. The minimum atomic E-state index is -0.244. The number of anilines is 3. The van der Waals surface area contributed by atoms with Crippen molar-refractivity contribution >= 4 is 38.9 Å². The van der Waals surface area contributed by atoms with E-state index in [1.807, 2.05) is 0 Å². The van der Waals surface area contributed by atoms with Crippen LogP contribution in [0.15, 0.2) is 243 Å². The van der Waals surface area contributed by atoms with E-state index in [1.165, 1.54) is 94.3 Å². The molecule has 1 aromatic heterocycles. The highest BCUT2D eigenvalue weighted by Crippen LogP contribution is 2.52. The van der Waals surface area contributed by atoms with Gasteiger partial charge < -0.3 is 9.47 Å². The third-order valence-corrected chi connectivity index (χ3v) is 13.6. The Bertz CT molecular complexity index is 3360. The van der Waals surface area contributed by atoms with Crippen LogP contribution in [-0.2, 0) is 5.41 Å². The van der Waals surface area contributed by atoms with Gasteiger partial charge in [0, 0.05) is 38.9 Å². The molecule has 0 saturated carbocycles. The van der Waals surface area contributed by atoms with E-state index in [9.17, 15) is 0 Å². The molecule has 0 radical (unpaired) electrons. The van der Waals surface area contributed by atoms with E-state index in [2.05, 4.69) is 266 Å². The molecule has 1 aliphatic rings. The zero-order valence-corrected chi connectivity index (χ0v) is 36.5. The summed E-state index contributed by atoms with van der Waals surface area (Å²) in [7, 11) is 0. The monoisotopic (exact) mass is 830 g/mol. The normalized spacial score (nSPS) is 12.6. The van der Waals surface area contributed by atoms with E-state index >= 15 is 0 Å². The van der Waals surface area contributed by atoms with Gasteiger partial charge in [-0.1, -0.05) is 196 Å². The first kappa shape index (κ1) is 38.5. The minimum Gasteiger partial charge on any atom is -0.310 e. The Morgan fingerprint density at radius 1 is 0.308 bits per heavy atom. The number of hydrogen-bond acceptors (Lipinski definition) is 1. The summed E-state index contributed by atoms with van der Waals surface area (Å²) >= 11 is 0. The Morgan fingerprint density at radius 2 is 0.692 bits per heavy atom. The minimum absolute atomic E-state index is 0.244. The largest absolute Gasteiger partial charge is 0.310 e. The second-order valence-corrected chi connectivity index (χ2v) is 17.8. The summed E-state index contributed by atoms with van der Waals surface area (Å²) in [5.74, 6) is 0. The summed E-state index contributed by atoms with van der Waals surface area (Å²) in [6, 6.07) is 88.8. The highest BCUT2D eigenvalue weighted by Gasteiger charge is 2.36. The van der Waals surface area contributed by atoms with Crippen LogP contribution in [-0.4, -0.2) is 4.57 Å². The van der Waals surface area contributed by atoms with Gasteiger partial charge >= 0.3 is 0 Å². The number of rotatable bonds is 8. The van der Waals surface area contributed by atoms with Gasteiger partial charge in [-0.2, -0.15) is 0 Å². The van der Waals surface area contributed by atoms with Crippen LogP contribution in [0.3, 0.4) is 0 Å². The standard InChI is InChI=1S/C63H46N2/c1-63(2)59-41-53(35-37-55(59)56-38-36-54(42-60(56)63)65-61-25-11-9-23-57(61)58-24-10-12-26-62(58)65)64(51-21-13-19-49(39-51)47-31-27-45(28-32-47)43-15-5-3-6-16-43)52-22-14-20-50(40-52)48-33-29-46(30-34-48)44-17-7-4-8-18-44/h3-42H,1-2H3. The van der Waals surface area contributed by atoms with Crippen LogP contribution < -0.4 is 4.90 Å². The lowest BCUT2D eigenvalue weighted by Gasteiger charge is -2.29. The summed E-state index contributed by atoms with van der Waals surface area (Å²) < 4.78 is 2.43. The van der Waals surface area contributed by atoms with Crippen LogP contribution in [0, 0.1) is 0 Å². The first-order chi connectivity index (χ1) is 32.0. The van der Waals surface area contributed by atoms with Gasteiger partial charge in [-0.25, -0.2) is 0 Å². The van der Waals surface area contributed by atoms with Crippen LogP contribution in [0.2, 0.25) is 0 Å². The van der Waals surface area contributed by atoms with Crippen LogP contribution in [0.4, 0.5) is 17.1 Å². The fraction of sp³-hybridized carbons (Fsp3) is 0.0476. The molecule has 308 valence electrons. The molecular formula is C63H46N2. The van der Waals surface area contributed by atoms with E-state index in [0.29, 0.717) is 0 Å². The predicted molar refractivity (Wildman–Crippen MR) is 275 cm³/mol. The van der Waals surface area contributed by atoms with Crippen LogP contribution >= 0.6 is 0 Å². The maximum atomic E-state index is 2.44. The lowest BCUT2D eigenvalue weighted by atomic mass is 9.82. The van der Waals surface area contributed by atoms with Crippen molar-refractivity contribution in [2.45, 2.75) is 19.3 Å². The van der Waals surface area contributed by atoms with Gasteiger partial charge in [0.15, 0.2) is 0 Å². The number of fused-ring (bicyclic) bond motifs is 6. The van der Waals surface area contributed by atoms with Crippen molar-refractivity contribution in [1.29, 1.82) is 0 Å². The van der Waals surface area contributed by atoms with Crippen molar-refractivity contribution in [3.05, 3.63) is 254 Å². The summed E-state index contributed by atoms with van der Waals surface area (Å²) in [6.07, 6.45) is 0. The van der Waals surface area contributed by atoms with Gasteiger partial charge in [-0.05, 0) is 127 Å². The molecule has 0 bridgehead atoms. The lowest BCUT2D eigenvalue weighted by Crippen LogP contribution is -2.17. The molecular weight excluding hydrogens is 785 g/mol. The maximum Gasteiger partial charge on any atom is 0.0541 e. The van der Waals surface area contributed by atoms with E-state index in [1.54, 1.807) is 0 Å². The highest BCUT2D eigenvalue weighted by molar-refractivity contribution is 6.09. The van der Waals surface area contributed by atoms with Gasteiger partial charge in [0.05, 0.1) is 11.0 Å². The van der Waals surface area contributed by atoms with Crippen molar-refractivity contribution in [3.8, 4) is 61.3 Å². The third kappa shape index (κ3) is 6.65. The molecule has 2 heteroatoms. The van der Waals surface area contributed by atoms with Gasteiger partial charge in [0.1, 0.15) is 0 Å². The third-order valence-electron chi connectivity index (χ3n) is 13.6. The van der Waals surface area contributed by atoms with Gasteiger partial charge in [-0.3, -0.25) is 0 Å². The highest BCUT2D eigenvalue weighted by atomic mass is 15.1. The van der Waals surface area contributed by atoms with Crippen molar-refractivity contribution < 1.29 is 0 Å². The molecule has 0 amide bonds. The molecule has 0 saturated heterocycles. The zero-order chi connectivity index (χ0) is 43.5. The smallest absolute Gasteiger partial charge is 0.0541 e. The van der Waals surface area contributed by atoms with Crippen molar-refractivity contribution in [3.63, 3.8) is 0 Å². The maximum absolute atomic E-state index is 2.44. The van der Waals surface area contributed by atoms with Crippen LogP contribution in [0.5, 0.6) is 0 Å². The fourth-order valence-corrected chi connectivity index (χ4v) is 10.3. The second kappa shape index (κ2) is 15.6. The Balaban J connectivity index is 0.960. The molecule has 0 aliphatic heterocycles. The van der Waals surface area contributed by atoms with Crippen molar-refractivity contribution in [1.82, 2.24) is 4.57 Å². The summed E-state index contributed by atoms with van der Waals surface area (Å²) in [5, 5.41) is 2.55. The summed E-state index contributed by atoms with van der Waals surface area (Å²) in [6.45, 7) is 4.78. The molecule has 12 rings (SSSR count). The SMILES string of the molecule is CC1(C)c2cc(N(c3cccc(-c4ccc(-c5ccccc5)cc4)c3)c3cccc(-c4ccc(-c5ccccc5)cc4)c3)ccc2-c2ccc(-n3c4ccccc4c4ccccc43)cc21. The van der Waals surface area contributed by atoms with Crippen molar-refractivity contribution in [2.75, 3.05) is 4.90 Å². The zero-order valence-electron chi connectivity index (χ0n) is 36.5. The number of aromatic nitrogens is 1. The Morgan fingerprint density at radius 3 is 1.20 bits per heavy atom. The summed E-state index contributed by atoms with van der Waals surface area (Å²) in [4.78, 5) is 2.44. The van der Waals surface area contributed by atoms with Gasteiger partial charge in [0.2, 0.25) is 0 Å². The summed E-state index contributed by atoms with van der Waals surface area (Å²) in [5.41, 5.74) is 21.6. The predicted octanol–water partition coefficient (Wildman–Crippen LogP) is 17.2. The van der Waals surface area contributed by atoms with Gasteiger partial charge in [-0.15, -0.1) is 0 Å². The first-order valence-electron chi connectivity index (χ1n) is 22.6. The van der Waals surface area contributed by atoms with Gasteiger partial charge in [0.25, 0.3) is 0 Å². The van der Waals surface area contributed by atoms with E-state index in [-0.39, 0.29) is 5.41 Å². The lowest BCUT2D eigenvalue weighted by molar-refractivity contribution is 0.660. The molecule has 0 N–H and O–H groups in total. The van der Waals surface area contributed by atoms with Crippen LogP contribution in [0.25, 0.3) is 83.1 Å². The number of hydrogen-bond donors (Lipinski definition) is 0. The second-order valence-electron chi connectivity index (χ2n) is 17.8. The topological polar surface area (TPSA) is 8.17 Å². The molecule has 0 spiro atoms. The van der Waals surface area contributed by atoms with E-state index < -0.39 is 0 Å². The average molecular weight is 831 g/mol. The van der Waals surface area contributed by atoms with E-state index in [4.69, 9.17) is 0 Å². The number of benzene rings is 10. The van der Waals surface area contributed by atoms with Crippen LogP contribution in [0.1, 0.15) is 25.0 Å². The first-order valence-corrected chi connectivity index (χ1v) is 22.6. The van der Waals surface area contributed by atoms with E-state index in [0.717, 1.165) is 17.1 Å². The molecule has 10 aromatic carbocycles. The Kier molecular flexibility index (Phi) is 9.21. The Labute approximate surface area is 381 Å². The molecule has 0 unspecified atom stereocenters. The Hall–Kier alpha value is -8.20. The molecule has 2 nitrogen and oxygen atoms in total. The fourth-order valence-electron chi connectivity index (χ4n) is 10.3. The molecule has 1 heterocycles. The number of para-hydroxylation sites is 2. The molecule has 65 heavy (non-hydrogen) atoms. The molecule has 0 fully saturated rings. The molecule has 1 aliphatic carbocycles. The molecule has 0 atom stereocenters. The van der Waals surface area contributed by atoms with Crippen molar-refractivity contribution in [2.24, 2.45) is 0 Å². The average Bonchev–Trinajstić information content (AvgIpc) is 3.82.